The summed E-state index contributed by atoms with van der Waals surface area (Å²) < 4.78 is 22.3. The molecule has 0 radical (unpaired) electrons. The smallest absolute Gasteiger partial charge is 0.337 e. The van der Waals surface area contributed by atoms with Crippen LogP contribution >= 0.6 is 0 Å². The number of benzene rings is 1. The largest absolute Gasteiger partial charge is 0.465 e. The van der Waals surface area contributed by atoms with E-state index in [1.807, 2.05) is 0 Å². The van der Waals surface area contributed by atoms with Crippen molar-refractivity contribution in [2.45, 2.75) is 19.3 Å². The third-order valence-corrected chi connectivity index (χ3v) is 5.64. The fraction of sp³-hybridized carbons (Fsp3) is 0.250. The molecule has 170 valence electrons. The maximum atomic E-state index is 12.9. The Bertz CT molecular complexity index is 1310. The minimum absolute atomic E-state index is 0.0616. The third kappa shape index (κ3) is 3.93. The molecule has 1 unspecified atom stereocenters. The van der Waals surface area contributed by atoms with Crippen molar-refractivity contribution in [1.29, 1.82) is 0 Å². The fourth-order valence-electron chi connectivity index (χ4n) is 3.83. The molecule has 2 aromatic heterocycles. The van der Waals surface area contributed by atoms with Crippen molar-refractivity contribution in [1.82, 2.24) is 4.57 Å². The predicted molar refractivity (Wildman–Crippen MR) is 115 cm³/mol. The van der Waals surface area contributed by atoms with Crippen LogP contribution in [0.5, 0.6) is 5.75 Å². The molecule has 33 heavy (non-hydrogen) atoms. The van der Waals surface area contributed by atoms with Crippen LogP contribution in [0.2, 0.25) is 0 Å². The number of rotatable bonds is 4. The SMILES string of the molecule is COC(=O)c1cc(C(=O)OC)cc(-c2ccc(C3CC(=O)Oc4cc(C)n(C)c(=O)c43)o2)c1. The fourth-order valence-corrected chi connectivity index (χ4v) is 3.83. The number of ether oxygens (including phenoxy) is 3. The lowest BCUT2D eigenvalue weighted by Gasteiger charge is -2.23. The average molecular weight is 451 g/mol. The quantitative estimate of drug-likeness (QED) is 0.556. The molecule has 3 heterocycles. The second kappa shape index (κ2) is 8.42. The van der Waals surface area contributed by atoms with Gasteiger partial charge in [0, 0.05) is 24.4 Å². The van der Waals surface area contributed by atoms with Crippen LogP contribution < -0.4 is 10.3 Å². The lowest BCUT2D eigenvalue weighted by Crippen LogP contribution is -2.31. The van der Waals surface area contributed by atoms with Gasteiger partial charge in [0.15, 0.2) is 0 Å². The molecule has 1 atom stereocenters. The van der Waals surface area contributed by atoms with Crippen molar-refractivity contribution < 1.29 is 33.0 Å². The van der Waals surface area contributed by atoms with Crippen LogP contribution in [-0.2, 0) is 21.3 Å². The second-order valence-corrected chi connectivity index (χ2v) is 7.64. The van der Waals surface area contributed by atoms with Crippen molar-refractivity contribution >= 4 is 17.9 Å². The molecule has 0 aliphatic carbocycles. The molecule has 0 spiro atoms. The van der Waals surface area contributed by atoms with Gasteiger partial charge in [-0.15, -0.1) is 0 Å². The normalized spacial score (nSPS) is 14.9. The number of aromatic nitrogens is 1. The summed E-state index contributed by atoms with van der Waals surface area (Å²) in [5, 5.41) is 0. The number of hydrogen-bond donors (Lipinski definition) is 0. The number of fused-ring (bicyclic) bond motifs is 1. The lowest BCUT2D eigenvalue weighted by molar-refractivity contribution is -0.135. The summed E-state index contributed by atoms with van der Waals surface area (Å²) in [5.41, 5.74) is 1.43. The van der Waals surface area contributed by atoms with E-state index in [0.717, 1.165) is 0 Å². The van der Waals surface area contributed by atoms with E-state index in [9.17, 15) is 19.2 Å². The van der Waals surface area contributed by atoms with Crippen molar-refractivity contribution in [2.75, 3.05) is 14.2 Å². The predicted octanol–water partition coefficient (Wildman–Crippen LogP) is 2.97. The second-order valence-electron chi connectivity index (χ2n) is 7.64. The zero-order valence-corrected chi connectivity index (χ0v) is 18.5. The highest BCUT2D eigenvalue weighted by molar-refractivity contribution is 5.97. The van der Waals surface area contributed by atoms with E-state index in [0.29, 0.717) is 28.3 Å². The molecule has 0 fully saturated rings. The number of nitrogens with zero attached hydrogens (tertiary/aromatic N) is 1. The molecule has 1 aliphatic heterocycles. The van der Waals surface area contributed by atoms with Crippen LogP contribution in [0.25, 0.3) is 11.3 Å². The van der Waals surface area contributed by atoms with Gasteiger partial charge in [0.1, 0.15) is 17.3 Å². The molecule has 0 saturated carbocycles. The highest BCUT2D eigenvalue weighted by atomic mass is 16.5. The number of carbonyl (C=O) groups is 3. The van der Waals surface area contributed by atoms with Gasteiger partial charge in [0.2, 0.25) is 0 Å². The Balaban J connectivity index is 1.81. The molecule has 1 aromatic carbocycles. The van der Waals surface area contributed by atoms with Crippen LogP contribution in [0.4, 0.5) is 0 Å². The molecule has 0 amide bonds. The van der Waals surface area contributed by atoms with E-state index in [1.54, 1.807) is 32.2 Å². The minimum atomic E-state index is -0.641. The average Bonchev–Trinajstić information content (AvgIpc) is 3.31. The molecular formula is C24H21NO8. The van der Waals surface area contributed by atoms with Crippen LogP contribution in [-0.4, -0.2) is 36.7 Å². The molecule has 0 N–H and O–H groups in total. The number of furan rings is 1. The Morgan fingerprint density at radius 1 is 1.00 bits per heavy atom. The van der Waals surface area contributed by atoms with Crippen molar-refractivity contribution in [3.63, 3.8) is 0 Å². The van der Waals surface area contributed by atoms with Gasteiger partial charge < -0.3 is 23.2 Å². The van der Waals surface area contributed by atoms with Gasteiger partial charge >= 0.3 is 17.9 Å². The first-order valence-corrected chi connectivity index (χ1v) is 10.1. The van der Waals surface area contributed by atoms with Crippen molar-refractivity contribution in [2.24, 2.45) is 7.05 Å². The first kappa shape index (κ1) is 22.1. The molecule has 0 saturated heterocycles. The van der Waals surface area contributed by atoms with Gasteiger partial charge in [-0.3, -0.25) is 9.59 Å². The summed E-state index contributed by atoms with van der Waals surface area (Å²) in [5.74, 6) is -1.43. The van der Waals surface area contributed by atoms with Crippen LogP contribution in [0.3, 0.4) is 0 Å². The van der Waals surface area contributed by atoms with E-state index < -0.39 is 23.8 Å². The Morgan fingerprint density at radius 3 is 2.24 bits per heavy atom. The summed E-state index contributed by atoms with van der Waals surface area (Å²) >= 11 is 0. The van der Waals surface area contributed by atoms with E-state index >= 15 is 0 Å². The van der Waals surface area contributed by atoms with Crippen LogP contribution in [0.1, 0.15) is 50.1 Å². The highest BCUT2D eigenvalue weighted by Crippen LogP contribution is 2.39. The van der Waals surface area contributed by atoms with Gasteiger partial charge in [-0.25, -0.2) is 9.59 Å². The number of carbonyl (C=O) groups excluding carboxylic acids is 3. The summed E-state index contributed by atoms with van der Waals surface area (Å²) in [6.45, 7) is 1.75. The van der Waals surface area contributed by atoms with E-state index in [-0.39, 0.29) is 28.9 Å². The Morgan fingerprint density at radius 2 is 1.64 bits per heavy atom. The lowest BCUT2D eigenvalue weighted by atomic mass is 9.91. The Kier molecular flexibility index (Phi) is 5.63. The maximum Gasteiger partial charge on any atom is 0.337 e. The number of esters is 3. The summed E-state index contributed by atoms with van der Waals surface area (Å²) in [6, 6.07) is 9.35. The Hall–Kier alpha value is -4.14. The van der Waals surface area contributed by atoms with Crippen molar-refractivity contribution in [3.8, 4) is 17.1 Å². The van der Waals surface area contributed by atoms with Gasteiger partial charge in [-0.2, -0.15) is 0 Å². The maximum absolute atomic E-state index is 12.9. The zero-order valence-electron chi connectivity index (χ0n) is 18.5. The van der Waals surface area contributed by atoms with Gasteiger partial charge in [0.25, 0.3) is 5.56 Å². The van der Waals surface area contributed by atoms with Crippen LogP contribution in [0, 0.1) is 6.92 Å². The van der Waals surface area contributed by atoms with Crippen LogP contribution in [0.15, 0.2) is 45.6 Å². The number of pyridine rings is 1. The van der Waals surface area contributed by atoms with E-state index in [1.165, 1.54) is 37.0 Å². The zero-order chi connectivity index (χ0) is 23.9. The standard InChI is InChI=1S/C24H21NO8/c1-12-7-19-21(22(27)25(12)2)16(11-20(26)33-19)18-6-5-17(32-18)13-8-14(23(28)30-3)10-15(9-13)24(29)31-4/h5-10,16H,11H2,1-4H3. The topological polar surface area (TPSA) is 114 Å². The molecule has 9 heteroatoms. The number of aryl methyl sites for hydroxylation is 1. The van der Waals surface area contributed by atoms with Gasteiger partial charge in [0.05, 0.1) is 43.2 Å². The summed E-state index contributed by atoms with van der Waals surface area (Å²) in [6.07, 6.45) is -0.0616. The Labute approximate surface area is 188 Å². The first-order chi connectivity index (χ1) is 15.7. The monoisotopic (exact) mass is 451 g/mol. The number of hydrogen-bond acceptors (Lipinski definition) is 8. The first-order valence-electron chi connectivity index (χ1n) is 10.1. The van der Waals surface area contributed by atoms with Gasteiger partial charge in [-0.05, 0) is 37.3 Å². The molecule has 0 bridgehead atoms. The molecular weight excluding hydrogens is 430 g/mol. The highest BCUT2D eigenvalue weighted by Gasteiger charge is 2.34. The summed E-state index contributed by atoms with van der Waals surface area (Å²) in [4.78, 5) is 49.3. The molecule has 4 rings (SSSR count). The third-order valence-electron chi connectivity index (χ3n) is 5.64. The molecule has 9 nitrogen and oxygen atoms in total. The van der Waals surface area contributed by atoms with E-state index in [4.69, 9.17) is 18.6 Å². The molecule has 3 aromatic rings. The molecule has 1 aliphatic rings. The van der Waals surface area contributed by atoms with E-state index in [2.05, 4.69) is 0 Å². The minimum Gasteiger partial charge on any atom is -0.465 e. The van der Waals surface area contributed by atoms with Gasteiger partial charge in [-0.1, -0.05) is 0 Å². The van der Waals surface area contributed by atoms with Crippen molar-refractivity contribution in [3.05, 3.63) is 74.9 Å². The number of methoxy groups -OCH3 is 2. The summed E-state index contributed by atoms with van der Waals surface area (Å²) in [7, 11) is 4.12.